The summed E-state index contributed by atoms with van der Waals surface area (Å²) in [5.41, 5.74) is 1.69. The molecule has 1 aromatic carbocycles. The molecule has 0 heterocycles. The van der Waals surface area contributed by atoms with E-state index >= 15 is 0 Å². The summed E-state index contributed by atoms with van der Waals surface area (Å²) in [6.45, 7) is 11.3. The van der Waals surface area contributed by atoms with E-state index in [-0.39, 0.29) is 5.91 Å². The number of nitrogens with zero attached hydrogens (tertiary/aromatic N) is 1. The number of anilines is 1. The Morgan fingerprint density at radius 1 is 1.25 bits per heavy atom. The molecule has 1 amide bonds. The maximum Gasteiger partial charge on any atom is 0.251 e. The summed E-state index contributed by atoms with van der Waals surface area (Å²) in [7, 11) is 0. The number of rotatable bonds is 13. The molecule has 0 aromatic heterocycles. The second kappa shape index (κ2) is 14.8. The van der Waals surface area contributed by atoms with Crippen LogP contribution in [0.15, 0.2) is 54.1 Å². The van der Waals surface area contributed by atoms with Gasteiger partial charge in [-0.05, 0) is 62.9 Å². The Balaban J connectivity index is 2.32. The molecule has 0 aliphatic heterocycles. The van der Waals surface area contributed by atoms with Crippen LogP contribution in [0.4, 0.5) is 5.69 Å². The number of benzene rings is 1. The molecule has 0 saturated carbocycles. The largest absolute Gasteiger partial charge is 0.383 e. The third-order valence-electron chi connectivity index (χ3n) is 3.64. The number of carbonyl (C=O) groups excluding carboxylic acids is 1. The SMILES string of the molecule is C=CCC(=NCCCNC(=O)c1ccc(NC(C)C)cc1)NSC/C=C\CC. The number of aliphatic imine (C=N–C) groups is 1. The molecule has 0 spiro atoms. The highest BCUT2D eigenvalue weighted by Gasteiger charge is 2.05. The van der Waals surface area contributed by atoms with Gasteiger partial charge in [-0.1, -0.05) is 25.2 Å². The van der Waals surface area contributed by atoms with Crippen molar-refractivity contribution in [1.29, 1.82) is 0 Å². The summed E-state index contributed by atoms with van der Waals surface area (Å²) in [4.78, 5) is 16.8. The molecule has 0 aliphatic rings. The van der Waals surface area contributed by atoms with Crippen LogP contribution in [-0.4, -0.2) is 36.6 Å². The second-order valence-electron chi connectivity index (χ2n) is 6.60. The molecular weight excluding hydrogens is 368 g/mol. The normalized spacial score (nSPS) is 11.6. The van der Waals surface area contributed by atoms with Gasteiger partial charge in [0.2, 0.25) is 0 Å². The molecular formula is C22H34N4OS. The Morgan fingerprint density at radius 2 is 2.00 bits per heavy atom. The van der Waals surface area contributed by atoms with Gasteiger partial charge >= 0.3 is 0 Å². The molecule has 0 saturated heterocycles. The predicted molar refractivity (Wildman–Crippen MR) is 124 cm³/mol. The minimum atomic E-state index is -0.0530. The highest BCUT2D eigenvalue weighted by atomic mass is 32.2. The zero-order valence-electron chi connectivity index (χ0n) is 17.3. The van der Waals surface area contributed by atoms with E-state index in [0.717, 1.165) is 30.1 Å². The van der Waals surface area contributed by atoms with E-state index in [2.05, 4.69) is 59.9 Å². The first kappa shape index (κ1) is 23.8. The molecule has 3 N–H and O–H groups in total. The van der Waals surface area contributed by atoms with E-state index in [4.69, 9.17) is 0 Å². The zero-order chi connectivity index (χ0) is 20.6. The molecule has 5 nitrogen and oxygen atoms in total. The van der Waals surface area contributed by atoms with Crippen molar-refractivity contribution in [3.05, 3.63) is 54.6 Å². The number of carbonyl (C=O) groups is 1. The summed E-state index contributed by atoms with van der Waals surface area (Å²) in [6, 6.07) is 7.91. The number of nitrogens with one attached hydrogen (secondary N) is 3. The maximum atomic E-state index is 12.2. The van der Waals surface area contributed by atoms with Gasteiger partial charge in [0, 0.05) is 42.6 Å². The molecule has 154 valence electrons. The summed E-state index contributed by atoms with van der Waals surface area (Å²) in [5.74, 6) is 1.78. The van der Waals surface area contributed by atoms with Gasteiger partial charge in [0.15, 0.2) is 0 Å². The van der Waals surface area contributed by atoms with Crippen molar-refractivity contribution >= 4 is 29.4 Å². The van der Waals surface area contributed by atoms with Gasteiger partial charge in [0.1, 0.15) is 5.84 Å². The van der Waals surface area contributed by atoms with Crippen LogP contribution in [0.25, 0.3) is 0 Å². The first-order valence-electron chi connectivity index (χ1n) is 9.88. The van der Waals surface area contributed by atoms with E-state index in [1.54, 1.807) is 11.9 Å². The summed E-state index contributed by atoms with van der Waals surface area (Å²) < 4.78 is 3.27. The lowest BCUT2D eigenvalue weighted by Gasteiger charge is -2.10. The van der Waals surface area contributed by atoms with Crippen LogP contribution in [0, 0.1) is 0 Å². The molecule has 1 aromatic rings. The minimum absolute atomic E-state index is 0.0530. The highest BCUT2D eigenvalue weighted by molar-refractivity contribution is 7.98. The second-order valence-corrected chi connectivity index (χ2v) is 7.43. The number of amidine groups is 1. The molecule has 0 radical (unpaired) electrons. The lowest BCUT2D eigenvalue weighted by molar-refractivity contribution is 0.0953. The van der Waals surface area contributed by atoms with Gasteiger partial charge in [0.05, 0.1) is 0 Å². The number of amides is 1. The van der Waals surface area contributed by atoms with E-state index in [1.807, 2.05) is 30.3 Å². The Kier molecular flexibility index (Phi) is 12.6. The molecule has 28 heavy (non-hydrogen) atoms. The van der Waals surface area contributed by atoms with Crippen LogP contribution in [0.5, 0.6) is 0 Å². The first-order chi connectivity index (χ1) is 13.6. The van der Waals surface area contributed by atoms with Gasteiger partial charge < -0.3 is 15.4 Å². The minimum Gasteiger partial charge on any atom is -0.383 e. The van der Waals surface area contributed by atoms with Crippen LogP contribution in [0.2, 0.25) is 0 Å². The van der Waals surface area contributed by atoms with Crippen LogP contribution < -0.4 is 15.4 Å². The Bertz CT molecular complexity index is 638. The Morgan fingerprint density at radius 3 is 2.64 bits per heavy atom. The molecule has 0 atom stereocenters. The lowest BCUT2D eigenvalue weighted by atomic mass is 10.2. The molecule has 0 bridgehead atoms. The number of hydrogen-bond acceptors (Lipinski definition) is 4. The van der Waals surface area contributed by atoms with E-state index in [0.29, 0.717) is 31.1 Å². The molecule has 6 heteroatoms. The van der Waals surface area contributed by atoms with Gasteiger partial charge in [-0.25, -0.2) is 0 Å². The summed E-state index contributed by atoms with van der Waals surface area (Å²) in [6.07, 6.45) is 8.70. The Labute approximate surface area is 174 Å². The summed E-state index contributed by atoms with van der Waals surface area (Å²) >= 11 is 1.62. The van der Waals surface area contributed by atoms with Gasteiger partial charge in [-0.3, -0.25) is 9.79 Å². The van der Waals surface area contributed by atoms with Gasteiger partial charge in [-0.2, -0.15) is 0 Å². The first-order valence-corrected chi connectivity index (χ1v) is 10.9. The Hall–Kier alpha value is -2.21. The van der Waals surface area contributed by atoms with Crippen LogP contribution in [-0.2, 0) is 0 Å². The smallest absolute Gasteiger partial charge is 0.251 e. The number of allylic oxidation sites excluding steroid dienone is 1. The van der Waals surface area contributed by atoms with Crippen LogP contribution >= 0.6 is 11.9 Å². The average Bonchev–Trinajstić information content (AvgIpc) is 2.67. The van der Waals surface area contributed by atoms with Crippen molar-refractivity contribution in [2.45, 2.75) is 46.1 Å². The molecule has 1 rings (SSSR count). The van der Waals surface area contributed by atoms with E-state index in [9.17, 15) is 4.79 Å². The van der Waals surface area contributed by atoms with Crippen molar-refractivity contribution in [1.82, 2.24) is 10.0 Å². The van der Waals surface area contributed by atoms with Crippen LogP contribution in [0.1, 0.15) is 50.4 Å². The van der Waals surface area contributed by atoms with E-state index in [1.165, 1.54) is 0 Å². The molecule has 0 aliphatic carbocycles. The molecule has 0 unspecified atom stereocenters. The fourth-order valence-electron chi connectivity index (χ4n) is 2.33. The summed E-state index contributed by atoms with van der Waals surface area (Å²) in [5, 5.41) is 6.26. The quantitative estimate of drug-likeness (QED) is 0.146. The third-order valence-corrected chi connectivity index (χ3v) is 4.37. The predicted octanol–water partition coefficient (Wildman–Crippen LogP) is 4.81. The maximum absolute atomic E-state index is 12.2. The van der Waals surface area contributed by atoms with Crippen molar-refractivity contribution in [3.63, 3.8) is 0 Å². The highest BCUT2D eigenvalue weighted by Crippen LogP contribution is 2.10. The topological polar surface area (TPSA) is 65.5 Å². The van der Waals surface area contributed by atoms with Gasteiger partial charge in [0.25, 0.3) is 5.91 Å². The van der Waals surface area contributed by atoms with Crippen molar-refractivity contribution < 1.29 is 4.79 Å². The average molecular weight is 403 g/mol. The lowest BCUT2D eigenvalue weighted by Crippen LogP contribution is -2.25. The van der Waals surface area contributed by atoms with Crippen molar-refractivity contribution in [2.24, 2.45) is 4.99 Å². The molecule has 0 fully saturated rings. The van der Waals surface area contributed by atoms with Crippen molar-refractivity contribution in [3.8, 4) is 0 Å². The van der Waals surface area contributed by atoms with E-state index < -0.39 is 0 Å². The zero-order valence-corrected chi connectivity index (χ0v) is 18.1. The third kappa shape index (κ3) is 10.8. The fourth-order valence-corrected chi connectivity index (χ4v) is 2.96. The fraction of sp³-hybridized carbons (Fsp3) is 0.455. The number of hydrogen-bond donors (Lipinski definition) is 3. The van der Waals surface area contributed by atoms with Gasteiger partial charge in [-0.15, -0.1) is 6.58 Å². The van der Waals surface area contributed by atoms with Crippen LogP contribution in [0.3, 0.4) is 0 Å². The van der Waals surface area contributed by atoms with Crippen molar-refractivity contribution in [2.75, 3.05) is 24.2 Å². The standard InChI is InChI=1S/C22H34N4OS/c1-5-7-8-17-28-26-21(10-6-2)23-15-9-16-24-22(27)19-11-13-20(14-12-19)25-18(3)4/h6-8,11-14,18,25H,2,5,9-10,15-17H2,1,3-4H3,(H,23,26)(H,24,27)/b8-7-. The monoisotopic (exact) mass is 402 g/mol.